The molecule has 9 nitrogen and oxygen atoms in total. The Balaban J connectivity index is 4.37. The van der Waals surface area contributed by atoms with E-state index < -0.39 is 32.5 Å². The Kier molecular flexibility index (Phi) is 39.0. The number of hydrogen-bond acceptors (Lipinski definition) is 7. The van der Waals surface area contributed by atoms with Crippen molar-refractivity contribution in [1.82, 2.24) is 0 Å². The molecule has 0 spiro atoms. The van der Waals surface area contributed by atoms with Crippen molar-refractivity contribution in [2.45, 2.75) is 200 Å². The van der Waals surface area contributed by atoms with Crippen LogP contribution in [0, 0.1) is 0 Å². The minimum Gasteiger partial charge on any atom is -0.462 e. The van der Waals surface area contributed by atoms with Gasteiger partial charge in [-0.1, -0.05) is 152 Å². The second-order valence-corrected chi connectivity index (χ2v) is 18.2. The van der Waals surface area contributed by atoms with Crippen molar-refractivity contribution < 1.29 is 42.1 Å². The van der Waals surface area contributed by atoms with Crippen LogP contribution in [0.3, 0.4) is 0 Å². The summed E-state index contributed by atoms with van der Waals surface area (Å²) in [5.41, 5.74) is 0. The second-order valence-electron chi connectivity index (χ2n) is 16.8. The van der Waals surface area contributed by atoms with E-state index in [1.165, 1.54) is 96.3 Å². The molecule has 338 valence electrons. The summed E-state index contributed by atoms with van der Waals surface area (Å²) >= 11 is 0. The van der Waals surface area contributed by atoms with Crippen molar-refractivity contribution in [3.63, 3.8) is 0 Å². The standard InChI is InChI=1S/C48H88NO8P/c1-6-8-10-12-14-16-18-20-22-23-24-25-27-29-31-33-35-37-39-41-48(51)57-46(45-56-58(52,53)55-43-42-49(3,4)5)44-54-47(50)40-38-36-34-32-30-28-26-21-19-17-15-13-11-9-7-2/h14,16,20-22,26,30,32,46H,6-13,15,17-19,23-25,27-29,31,33-45H2,1-5H3/p+1/b16-14+,22-20+,26-21+,32-30+/t46-/m1/s1. The Morgan fingerprint density at radius 2 is 0.931 bits per heavy atom. The zero-order valence-corrected chi connectivity index (χ0v) is 38.9. The molecule has 0 aliphatic heterocycles. The molecule has 58 heavy (non-hydrogen) atoms. The topological polar surface area (TPSA) is 108 Å². The largest absolute Gasteiger partial charge is 0.472 e. The zero-order chi connectivity index (χ0) is 42.8. The van der Waals surface area contributed by atoms with Gasteiger partial charge >= 0.3 is 19.8 Å². The van der Waals surface area contributed by atoms with Gasteiger partial charge in [0.15, 0.2) is 6.10 Å². The maximum atomic E-state index is 12.7. The van der Waals surface area contributed by atoms with Gasteiger partial charge in [-0.3, -0.25) is 18.6 Å². The Morgan fingerprint density at radius 3 is 1.43 bits per heavy atom. The van der Waals surface area contributed by atoms with Gasteiger partial charge in [0.05, 0.1) is 27.7 Å². The predicted octanol–water partition coefficient (Wildman–Crippen LogP) is 13.5. The monoisotopic (exact) mass is 839 g/mol. The summed E-state index contributed by atoms with van der Waals surface area (Å²) in [4.78, 5) is 35.4. The molecule has 0 aromatic heterocycles. The van der Waals surface area contributed by atoms with Crippen LogP contribution in [0.4, 0.5) is 0 Å². The summed E-state index contributed by atoms with van der Waals surface area (Å²) in [6, 6.07) is 0. The van der Waals surface area contributed by atoms with Crippen LogP contribution in [0.25, 0.3) is 0 Å². The smallest absolute Gasteiger partial charge is 0.462 e. The molecule has 0 radical (unpaired) electrons. The lowest BCUT2D eigenvalue weighted by Crippen LogP contribution is -2.37. The highest BCUT2D eigenvalue weighted by Gasteiger charge is 2.27. The number of phosphoric acid groups is 1. The number of rotatable bonds is 42. The second kappa shape index (κ2) is 40.4. The Bertz CT molecular complexity index is 1130. The molecule has 0 aromatic rings. The van der Waals surface area contributed by atoms with Gasteiger partial charge in [0.2, 0.25) is 0 Å². The lowest BCUT2D eigenvalue weighted by atomic mass is 10.1. The first-order valence-corrected chi connectivity index (χ1v) is 24.9. The predicted molar refractivity (Wildman–Crippen MR) is 243 cm³/mol. The number of esters is 2. The molecule has 1 N–H and O–H groups in total. The average molecular weight is 839 g/mol. The molecule has 0 bridgehead atoms. The van der Waals surface area contributed by atoms with Gasteiger partial charge in [-0.25, -0.2) is 4.57 Å². The molecule has 1 unspecified atom stereocenters. The van der Waals surface area contributed by atoms with E-state index in [0.717, 1.165) is 57.8 Å². The van der Waals surface area contributed by atoms with Crippen molar-refractivity contribution in [3.05, 3.63) is 48.6 Å². The number of allylic oxidation sites excluding steroid dienone is 8. The fourth-order valence-electron chi connectivity index (χ4n) is 6.13. The van der Waals surface area contributed by atoms with E-state index >= 15 is 0 Å². The van der Waals surface area contributed by atoms with Gasteiger partial charge < -0.3 is 18.9 Å². The van der Waals surface area contributed by atoms with E-state index in [2.05, 4.69) is 62.5 Å². The summed E-state index contributed by atoms with van der Waals surface area (Å²) < 4.78 is 34.3. The first-order valence-electron chi connectivity index (χ1n) is 23.4. The molecular weight excluding hydrogens is 750 g/mol. The molecule has 0 aliphatic rings. The number of ether oxygens (including phenoxy) is 2. The van der Waals surface area contributed by atoms with E-state index in [4.69, 9.17) is 18.5 Å². The van der Waals surface area contributed by atoms with Crippen LogP contribution in [0.15, 0.2) is 48.6 Å². The summed E-state index contributed by atoms with van der Waals surface area (Å²) in [6.07, 6.45) is 47.3. The van der Waals surface area contributed by atoms with E-state index in [1.54, 1.807) is 0 Å². The van der Waals surface area contributed by atoms with Crippen molar-refractivity contribution in [2.75, 3.05) is 47.5 Å². The fourth-order valence-corrected chi connectivity index (χ4v) is 6.87. The highest BCUT2D eigenvalue weighted by molar-refractivity contribution is 7.47. The Morgan fingerprint density at radius 1 is 0.534 bits per heavy atom. The van der Waals surface area contributed by atoms with Crippen LogP contribution < -0.4 is 0 Å². The van der Waals surface area contributed by atoms with Gasteiger partial charge in [0, 0.05) is 12.8 Å². The van der Waals surface area contributed by atoms with Crippen molar-refractivity contribution in [3.8, 4) is 0 Å². The molecule has 0 rings (SSSR count). The number of nitrogens with zero attached hydrogens (tertiary/aromatic N) is 1. The molecule has 0 saturated carbocycles. The SMILES string of the molecule is CCCCC/C=C/C/C=C/CCCCCCCCCCCC(=O)O[C@H](COC(=O)CCCC/C=C/C/C=C/CCCCCCCC)COP(=O)(O)OCC[N+](C)(C)C. The number of unbranched alkanes of at least 4 members (excludes halogenated alkanes) is 20. The highest BCUT2D eigenvalue weighted by atomic mass is 31.2. The molecule has 0 heterocycles. The molecule has 0 saturated heterocycles. The lowest BCUT2D eigenvalue weighted by molar-refractivity contribution is -0.870. The molecule has 0 aromatic carbocycles. The number of hydrogen-bond donors (Lipinski definition) is 1. The molecule has 10 heteroatoms. The summed E-state index contributed by atoms with van der Waals surface area (Å²) in [7, 11) is 1.45. The summed E-state index contributed by atoms with van der Waals surface area (Å²) in [5, 5.41) is 0. The third kappa shape index (κ3) is 43.5. The van der Waals surface area contributed by atoms with Crippen LogP contribution in [-0.4, -0.2) is 74.9 Å². The van der Waals surface area contributed by atoms with E-state index in [1.807, 2.05) is 21.1 Å². The van der Waals surface area contributed by atoms with Crippen LogP contribution in [0.2, 0.25) is 0 Å². The van der Waals surface area contributed by atoms with Gasteiger partial charge in [0.1, 0.15) is 19.8 Å². The minimum absolute atomic E-state index is 0.0248. The molecule has 0 fully saturated rings. The van der Waals surface area contributed by atoms with Gasteiger partial charge in [-0.15, -0.1) is 0 Å². The lowest BCUT2D eigenvalue weighted by Gasteiger charge is -2.24. The molecular formula is C48H89NO8P+. The maximum Gasteiger partial charge on any atom is 0.472 e. The van der Waals surface area contributed by atoms with Gasteiger partial charge in [-0.2, -0.15) is 0 Å². The molecule has 0 amide bonds. The number of phosphoric ester groups is 1. The third-order valence-electron chi connectivity index (χ3n) is 9.83. The summed E-state index contributed by atoms with van der Waals surface area (Å²) in [5.74, 6) is -0.841. The number of quaternary nitrogens is 1. The van der Waals surface area contributed by atoms with Gasteiger partial charge in [0.25, 0.3) is 0 Å². The summed E-state index contributed by atoms with van der Waals surface area (Å²) in [6.45, 7) is 4.35. The zero-order valence-electron chi connectivity index (χ0n) is 38.0. The van der Waals surface area contributed by atoms with Crippen molar-refractivity contribution in [2.24, 2.45) is 0 Å². The van der Waals surface area contributed by atoms with E-state index in [-0.39, 0.29) is 26.1 Å². The fraction of sp³-hybridized carbons (Fsp3) is 0.792. The third-order valence-corrected chi connectivity index (χ3v) is 10.8. The average Bonchev–Trinajstić information content (AvgIpc) is 3.17. The Labute approximate surface area is 356 Å². The number of carbonyl (C=O) groups excluding carboxylic acids is 2. The van der Waals surface area contributed by atoms with Crippen molar-refractivity contribution in [1.29, 1.82) is 0 Å². The molecule has 0 aliphatic carbocycles. The number of likely N-dealkylation sites (N-methyl/N-ethyl adjacent to an activating group) is 1. The van der Waals surface area contributed by atoms with Crippen LogP contribution in [-0.2, 0) is 32.7 Å². The quantitative estimate of drug-likeness (QED) is 0.0213. The minimum atomic E-state index is -4.38. The van der Waals surface area contributed by atoms with Crippen LogP contribution in [0.1, 0.15) is 194 Å². The van der Waals surface area contributed by atoms with E-state index in [9.17, 15) is 19.0 Å². The van der Waals surface area contributed by atoms with Crippen LogP contribution in [0.5, 0.6) is 0 Å². The van der Waals surface area contributed by atoms with Gasteiger partial charge in [-0.05, 0) is 77.0 Å². The maximum absolute atomic E-state index is 12.7. The first-order chi connectivity index (χ1) is 28.0. The van der Waals surface area contributed by atoms with Crippen LogP contribution >= 0.6 is 7.82 Å². The normalized spacial score (nSPS) is 14.0. The highest BCUT2D eigenvalue weighted by Crippen LogP contribution is 2.43. The van der Waals surface area contributed by atoms with E-state index in [0.29, 0.717) is 23.9 Å². The first kappa shape index (κ1) is 56.0. The van der Waals surface area contributed by atoms with Crippen molar-refractivity contribution >= 4 is 19.8 Å². The molecule has 2 atom stereocenters. The number of carbonyl (C=O) groups is 2. The Hall–Kier alpha value is -2.03.